The number of pyridine rings is 1. The summed E-state index contributed by atoms with van der Waals surface area (Å²) < 4.78 is 32.2. The third-order valence-corrected chi connectivity index (χ3v) is 3.79. The molecule has 0 spiro atoms. The average molecular weight is 348 g/mol. The van der Waals surface area contributed by atoms with Gasteiger partial charge >= 0.3 is 5.97 Å². The number of esters is 1. The molecule has 7 heteroatoms. The molecular weight excluding hydrogens is 330 g/mol. The zero-order valence-corrected chi connectivity index (χ0v) is 14.1. The molecule has 1 aromatic heterocycles. The maximum atomic E-state index is 14.1. The minimum atomic E-state index is -1.38. The number of amides is 1. The number of benzene rings is 1. The molecule has 132 valence electrons. The smallest absolute Gasteiger partial charge is 0.333 e. The maximum Gasteiger partial charge on any atom is 0.333 e. The van der Waals surface area contributed by atoms with Crippen molar-refractivity contribution in [1.29, 1.82) is 0 Å². The molecule has 1 amide bonds. The summed E-state index contributed by atoms with van der Waals surface area (Å²) in [6.07, 6.45) is 1.52. The van der Waals surface area contributed by atoms with Crippen molar-refractivity contribution < 1.29 is 23.1 Å². The van der Waals surface area contributed by atoms with Gasteiger partial charge in [0.25, 0.3) is 0 Å². The molecule has 0 radical (unpaired) electrons. The number of likely N-dealkylation sites (N-methyl/N-ethyl adjacent to an activating group) is 1. The molecule has 0 bridgehead atoms. The Labute approximate surface area is 144 Å². The van der Waals surface area contributed by atoms with Gasteiger partial charge < -0.3 is 9.64 Å². The molecule has 0 fully saturated rings. The van der Waals surface area contributed by atoms with Crippen molar-refractivity contribution in [2.24, 2.45) is 0 Å². The molecule has 1 atom stereocenters. The van der Waals surface area contributed by atoms with Gasteiger partial charge in [0.2, 0.25) is 5.91 Å². The monoisotopic (exact) mass is 348 g/mol. The lowest BCUT2D eigenvalue weighted by Crippen LogP contribution is -2.38. The number of hydrogen-bond acceptors (Lipinski definition) is 4. The highest BCUT2D eigenvalue weighted by Crippen LogP contribution is 2.25. The molecule has 0 N–H and O–H groups in total. The van der Waals surface area contributed by atoms with E-state index in [1.54, 1.807) is 18.3 Å². The van der Waals surface area contributed by atoms with Crippen molar-refractivity contribution in [1.82, 2.24) is 9.88 Å². The highest BCUT2D eigenvalue weighted by atomic mass is 19.1. The van der Waals surface area contributed by atoms with Crippen LogP contribution in [0.1, 0.15) is 22.9 Å². The fraction of sp³-hybridized carbons (Fsp3) is 0.278. The summed E-state index contributed by atoms with van der Waals surface area (Å²) in [5.74, 6) is -2.82. The van der Waals surface area contributed by atoms with Crippen molar-refractivity contribution in [3.8, 4) is 0 Å². The predicted molar refractivity (Wildman–Crippen MR) is 86.6 cm³/mol. The van der Waals surface area contributed by atoms with E-state index < -0.39 is 29.6 Å². The predicted octanol–water partition coefficient (Wildman–Crippen LogP) is 2.58. The number of nitrogens with zero attached hydrogens (tertiary/aromatic N) is 2. The van der Waals surface area contributed by atoms with Gasteiger partial charge in [-0.2, -0.15) is 0 Å². The molecular formula is C18H18F2N2O3. The lowest BCUT2D eigenvalue weighted by atomic mass is 10.0. The quantitative estimate of drug-likeness (QED) is 0.780. The first-order valence-corrected chi connectivity index (χ1v) is 7.53. The van der Waals surface area contributed by atoms with E-state index in [4.69, 9.17) is 0 Å². The van der Waals surface area contributed by atoms with E-state index in [9.17, 15) is 18.4 Å². The Morgan fingerprint density at radius 3 is 2.56 bits per heavy atom. The SMILES string of the molecule is COC(=O)[C@@H](c1cc(F)ccc1F)N(C)C(=O)Cc1ccc(C)nc1. The first-order valence-electron chi connectivity index (χ1n) is 7.53. The second-order valence-electron chi connectivity index (χ2n) is 5.58. The fourth-order valence-electron chi connectivity index (χ4n) is 2.38. The second-order valence-corrected chi connectivity index (χ2v) is 5.58. The van der Waals surface area contributed by atoms with Crippen LogP contribution in [0.5, 0.6) is 0 Å². The van der Waals surface area contributed by atoms with Crippen LogP contribution in [0.25, 0.3) is 0 Å². The van der Waals surface area contributed by atoms with Crippen LogP contribution in [-0.4, -0.2) is 35.9 Å². The topological polar surface area (TPSA) is 59.5 Å². The van der Waals surface area contributed by atoms with E-state index in [1.165, 1.54) is 7.05 Å². The standard InChI is InChI=1S/C18H18F2N2O3/c1-11-4-5-12(10-21-11)8-16(23)22(2)17(18(24)25-3)14-9-13(19)6-7-15(14)20/h4-7,9-10,17H,8H2,1-3H3/t17-/m1/s1. The van der Waals surface area contributed by atoms with Gasteiger partial charge in [0.15, 0.2) is 6.04 Å². The first-order chi connectivity index (χ1) is 11.8. The Morgan fingerprint density at radius 1 is 1.24 bits per heavy atom. The van der Waals surface area contributed by atoms with Crippen molar-refractivity contribution in [3.63, 3.8) is 0 Å². The summed E-state index contributed by atoms with van der Waals surface area (Å²) in [6.45, 7) is 1.82. The molecule has 0 saturated heterocycles. The van der Waals surface area contributed by atoms with E-state index in [1.807, 2.05) is 6.92 Å². The molecule has 0 aliphatic carbocycles. The van der Waals surface area contributed by atoms with Crippen molar-refractivity contribution in [3.05, 3.63) is 65.0 Å². The number of methoxy groups -OCH3 is 1. The van der Waals surface area contributed by atoms with E-state index >= 15 is 0 Å². The minimum absolute atomic E-state index is 0.0335. The summed E-state index contributed by atoms with van der Waals surface area (Å²) in [4.78, 5) is 29.7. The summed E-state index contributed by atoms with van der Waals surface area (Å²) in [6, 6.07) is 4.84. The van der Waals surface area contributed by atoms with Crippen molar-refractivity contribution in [2.45, 2.75) is 19.4 Å². The summed E-state index contributed by atoms with van der Waals surface area (Å²) in [5, 5.41) is 0. The number of aromatic nitrogens is 1. The van der Waals surface area contributed by atoms with Crippen molar-refractivity contribution >= 4 is 11.9 Å². The Hall–Kier alpha value is -2.83. The van der Waals surface area contributed by atoms with Gasteiger partial charge in [-0.1, -0.05) is 6.07 Å². The number of ether oxygens (including phenoxy) is 1. The van der Waals surface area contributed by atoms with Gasteiger partial charge in [0.05, 0.1) is 13.5 Å². The maximum absolute atomic E-state index is 14.1. The van der Waals surface area contributed by atoms with Gasteiger partial charge in [-0.3, -0.25) is 9.78 Å². The van der Waals surface area contributed by atoms with Gasteiger partial charge in [0.1, 0.15) is 11.6 Å². The normalized spacial score (nSPS) is 11.7. The van der Waals surface area contributed by atoms with Gasteiger partial charge in [-0.05, 0) is 36.8 Å². The van der Waals surface area contributed by atoms with Gasteiger partial charge in [-0.25, -0.2) is 13.6 Å². The molecule has 0 saturated carbocycles. The molecule has 2 aromatic rings. The molecule has 25 heavy (non-hydrogen) atoms. The van der Waals surface area contributed by atoms with E-state index in [-0.39, 0.29) is 12.0 Å². The first kappa shape index (κ1) is 18.5. The number of carbonyl (C=O) groups excluding carboxylic acids is 2. The Bertz CT molecular complexity index is 778. The van der Waals surface area contributed by atoms with E-state index in [2.05, 4.69) is 9.72 Å². The van der Waals surface area contributed by atoms with Crippen LogP contribution >= 0.6 is 0 Å². The van der Waals surface area contributed by atoms with Gasteiger partial charge in [-0.15, -0.1) is 0 Å². The second kappa shape index (κ2) is 7.83. The number of aryl methyl sites for hydroxylation is 1. The summed E-state index contributed by atoms with van der Waals surface area (Å²) >= 11 is 0. The summed E-state index contributed by atoms with van der Waals surface area (Å²) in [7, 11) is 2.46. The molecule has 0 aliphatic heterocycles. The third-order valence-electron chi connectivity index (χ3n) is 3.79. The van der Waals surface area contributed by atoms with E-state index in [0.29, 0.717) is 5.56 Å². The van der Waals surface area contributed by atoms with Crippen molar-refractivity contribution in [2.75, 3.05) is 14.2 Å². The Kier molecular flexibility index (Phi) is 5.80. The van der Waals surface area contributed by atoms with Crippen LogP contribution in [0.15, 0.2) is 36.5 Å². The molecule has 5 nitrogen and oxygen atoms in total. The van der Waals surface area contributed by atoms with Crippen LogP contribution in [0.2, 0.25) is 0 Å². The molecule has 0 aliphatic rings. The Balaban J connectivity index is 2.30. The van der Waals surface area contributed by atoms with E-state index in [0.717, 1.165) is 35.9 Å². The largest absolute Gasteiger partial charge is 0.467 e. The van der Waals surface area contributed by atoms with Crippen LogP contribution in [-0.2, 0) is 20.7 Å². The summed E-state index contributed by atoms with van der Waals surface area (Å²) in [5.41, 5.74) is 1.19. The van der Waals surface area contributed by atoms with Gasteiger partial charge in [0, 0.05) is 24.5 Å². The highest BCUT2D eigenvalue weighted by molar-refractivity contribution is 5.86. The highest BCUT2D eigenvalue weighted by Gasteiger charge is 2.32. The lowest BCUT2D eigenvalue weighted by molar-refractivity contribution is -0.152. The lowest BCUT2D eigenvalue weighted by Gasteiger charge is -2.27. The molecule has 0 unspecified atom stereocenters. The van der Waals surface area contributed by atoms with Crippen LogP contribution in [0.3, 0.4) is 0 Å². The fourth-order valence-corrected chi connectivity index (χ4v) is 2.38. The zero-order chi connectivity index (χ0) is 18.6. The Morgan fingerprint density at radius 2 is 1.96 bits per heavy atom. The number of halogens is 2. The average Bonchev–Trinajstić information content (AvgIpc) is 2.59. The number of hydrogen-bond donors (Lipinski definition) is 0. The molecule has 1 aromatic carbocycles. The van der Waals surface area contributed by atoms with Crippen LogP contribution in [0, 0.1) is 18.6 Å². The zero-order valence-electron chi connectivity index (χ0n) is 14.1. The van der Waals surface area contributed by atoms with Crippen LogP contribution < -0.4 is 0 Å². The molecule has 1 heterocycles. The third kappa shape index (κ3) is 4.37. The number of rotatable bonds is 5. The minimum Gasteiger partial charge on any atom is -0.467 e. The molecule has 2 rings (SSSR count). The number of carbonyl (C=O) groups is 2. The van der Waals surface area contributed by atoms with Crippen LogP contribution in [0.4, 0.5) is 8.78 Å².